The van der Waals surface area contributed by atoms with Crippen molar-refractivity contribution in [3.8, 4) is 6.19 Å². The second-order valence-corrected chi connectivity index (χ2v) is 4.29. The Morgan fingerprint density at radius 2 is 2.47 bits per heavy atom. The van der Waals surface area contributed by atoms with E-state index in [9.17, 15) is 0 Å². The molecule has 0 unspecified atom stereocenters. The first-order valence-corrected chi connectivity index (χ1v) is 6.40. The van der Waals surface area contributed by atoms with Gasteiger partial charge in [-0.25, -0.2) is 0 Å². The number of nitrogens with zero attached hydrogens (tertiary/aromatic N) is 2. The fourth-order valence-electron chi connectivity index (χ4n) is 1.08. The average Bonchev–Trinajstić information content (AvgIpc) is 3.05. The van der Waals surface area contributed by atoms with Crippen LogP contribution in [0.4, 0.5) is 0 Å². The lowest BCUT2D eigenvalue weighted by molar-refractivity contribution is 0.123. The molecule has 1 aliphatic rings. The van der Waals surface area contributed by atoms with Crippen LogP contribution in [0.1, 0.15) is 19.3 Å². The largest absolute Gasteiger partial charge is 0.381 e. The van der Waals surface area contributed by atoms with E-state index in [4.69, 9.17) is 10.00 Å². The van der Waals surface area contributed by atoms with Crippen molar-refractivity contribution in [2.24, 2.45) is 10.9 Å². The Morgan fingerprint density at radius 3 is 3.07 bits per heavy atom. The molecule has 0 atom stereocenters. The van der Waals surface area contributed by atoms with E-state index in [1.807, 2.05) is 12.4 Å². The van der Waals surface area contributed by atoms with Gasteiger partial charge in [-0.2, -0.15) is 5.26 Å². The van der Waals surface area contributed by atoms with Gasteiger partial charge in [-0.1, -0.05) is 11.8 Å². The first-order valence-electron chi connectivity index (χ1n) is 5.18. The SMILES string of the molecule is CSC(=NCCCOCC1CC1)NC#N. The van der Waals surface area contributed by atoms with Gasteiger partial charge >= 0.3 is 0 Å². The molecule has 1 saturated carbocycles. The van der Waals surface area contributed by atoms with Crippen LogP contribution in [0.3, 0.4) is 0 Å². The Balaban J connectivity index is 1.95. The molecule has 0 spiro atoms. The molecule has 0 radical (unpaired) electrons. The summed E-state index contributed by atoms with van der Waals surface area (Å²) < 4.78 is 5.47. The fourth-order valence-corrected chi connectivity index (χ4v) is 1.45. The minimum Gasteiger partial charge on any atom is -0.381 e. The molecule has 0 bridgehead atoms. The van der Waals surface area contributed by atoms with Crippen molar-refractivity contribution in [1.29, 1.82) is 5.26 Å². The first-order chi connectivity index (χ1) is 7.36. The molecule has 0 heterocycles. The predicted molar refractivity (Wildman–Crippen MR) is 62.7 cm³/mol. The van der Waals surface area contributed by atoms with Crippen molar-refractivity contribution >= 4 is 16.9 Å². The number of ether oxygens (including phenoxy) is 1. The van der Waals surface area contributed by atoms with Gasteiger partial charge in [-0.15, -0.1) is 0 Å². The van der Waals surface area contributed by atoms with Crippen LogP contribution in [0.15, 0.2) is 4.99 Å². The van der Waals surface area contributed by atoms with Crippen molar-refractivity contribution in [3.05, 3.63) is 0 Å². The average molecular weight is 227 g/mol. The summed E-state index contributed by atoms with van der Waals surface area (Å²) in [6, 6.07) is 0. The van der Waals surface area contributed by atoms with Crippen molar-refractivity contribution in [3.63, 3.8) is 0 Å². The molecule has 0 aromatic carbocycles. The zero-order valence-corrected chi connectivity index (χ0v) is 9.85. The van der Waals surface area contributed by atoms with Gasteiger partial charge in [0, 0.05) is 19.8 Å². The Kier molecular flexibility index (Phi) is 6.21. The third-order valence-electron chi connectivity index (χ3n) is 2.11. The second kappa shape index (κ2) is 7.55. The molecular weight excluding hydrogens is 210 g/mol. The number of hydrogen-bond donors (Lipinski definition) is 1. The number of aliphatic imine (C=N–C) groups is 1. The predicted octanol–water partition coefficient (Wildman–Crippen LogP) is 1.59. The Bertz CT molecular complexity index is 246. The first kappa shape index (κ1) is 12.3. The van der Waals surface area contributed by atoms with Crippen LogP contribution < -0.4 is 5.32 Å². The maximum Gasteiger partial charge on any atom is 0.183 e. The Labute approximate surface area is 95.1 Å². The summed E-state index contributed by atoms with van der Waals surface area (Å²) in [5.41, 5.74) is 0. The summed E-state index contributed by atoms with van der Waals surface area (Å²) in [7, 11) is 0. The number of rotatable bonds is 6. The van der Waals surface area contributed by atoms with E-state index in [1.54, 1.807) is 0 Å². The van der Waals surface area contributed by atoms with E-state index in [2.05, 4.69) is 10.3 Å². The molecule has 0 saturated heterocycles. The van der Waals surface area contributed by atoms with Crippen molar-refractivity contribution in [1.82, 2.24) is 5.32 Å². The monoisotopic (exact) mass is 227 g/mol. The van der Waals surface area contributed by atoms with E-state index in [-0.39, 0.29) is 0 Å². The zero-order chi connectivity index (χ0) is 10.9. The lowest BCUT2D eigenvalue weighted by Crippen LogP contribution is -2.14. The summed E-state index contributed by atoms with van der Waals surface area (Å²) in [6.07, 6.45) is 7.35. The highest BCUT2D eigenvalue weighted by molar-refractivity contribution is 8.13. The lowest BCUT2D eigenvalue weighted by Gasteiger charge is -2.02. The Morgan fingerprint density at radius 1 is 1.67 bits per heavy atom. The van der Waals surface area contributed by atoms with Crippen molar-refractivity contribution in [2.45, 2.75) is 19.3 Å². The van der Waals surface area contributed by atoms with Gasteiger partial charge in [0.05, 0.1) is 0 Å². The maximum atomic E-state index is 8.40. The van der Waals surface area contributed by atoms with Crippen LogP contribution in [-0.4, -0.2) is 31.2 Å². The lowest BCUT2D eigenvalue weighted by atomic mass is 10.4. The number of thioether (sulfide) groups is 1. The number of amidine groups is 1. The molecule has 15 heavy (non-hydrogen) atoms. The molecule has 4 nitrogen and oxygen atoms in total. The molecular formula is C10H17N3OS. The van der Waals surface area contributed by atoms with Gasteiger partial charge in [0.25, 0.3) is 0 Å². The molecule has 0 aromatic rings. The van der Waals surface area contributed by atoms with Crippen LogP contribution >= 0.6 is 11.8 Å². The third-order valence-corrected chi connectivity index (χ3v) is 2.73. The van der Waals surface area contributed by atoms with E-state index in [0.29, 0.717) is 5.17 Å². The van der Waals surface area contributed by atoms with Gasteiger partial charge < -0.3 is 4.74 Å². The van der Waals surface area contributed by atoms with Gasteiger partial charge in [-0.3, -0.25) is 10.3 Å². The maximum absolute atomic E-state index is 8.40. The van der Waals surface area contributed by atoms with Crippen LogP contribution in [0.5, 0.6) is 0 Å². The molecule has 0 aromatic heterocycles. The summed E-state index contributed by atoms with van der Waals surface area (Å²) in [5.74, 6) is 0.829. The van der Waals surface area contributed by atoms with Crippen molar-refractivity contribution in [2.75, 3.05) is 26.0 Å². The molecule has 84 valence electrons. The highest BCUT2D eigenvalue weighted by Gasteiger charge is 2.20. The summed E-state index contributed by atoms with van der Waals surface area (Å²) in [6.45, 7) is 2.40. The number of hydrogen-bond acceptors (Lipinski definition) is 4. The Hall–Kier alpha value is -0.730. The van der Waals surface area contributed by atoms with E-state index < -0.39 is 0 Å². The standard InChI is InChI=1S/C10H17N3OS/c1-15-10(13-8-11)12-5-2-6-14-7-9-3-4-9/h9H,2-7H2,1H3,(H,12,13). The minimum absolute atomic E-state index is 0.680. The number of nitriles is 1. The normalized spacial score (nSPS) is 16.1. The summed E-state index contributed by atoms with van der Waals surface area (Å²) in [5, 5.41) is 11.6. The van der Waals surface area contributed by atoms with Crippen molar-refractivity contribution < 1.29 is 4.74 Å². The zero-order valence-electron chi connectivity index (χ0n) is 9.03. The van der Waals surface area contributed by atoms with Gasteiger partial charge in [0.1, 0.15) is 0 Å². The number of nitrogens with one attached hydrogen (secondary N) is 1. The van der Waals surface area contributed by atoms with E-state index in [0.717, 1.165) is 32.1 Å². The van der Waals surface area contributed by atoms with Gasteiger partial charge in [0.2, 0.25) is 0 Å². The van der Waals surface area contributed by atoms with Gasteiger partial charge in [-0.05, 0) is 31.4 Å². The summed E-state index contributed by atoms with van der Waals surface area (Å²) >= 11 is 1.45. The highest BCUT2D eigenvalue weighted by Crippen LogP contribution is 2.28. The smallest absolute Gasteiger partial charge is 0.183 e. The molecule has 1 N–H and O–H groups in total. The van der Waals surface area contributed by atoms with Crippen LogP contribution in [-0.2, 0) is 4.74 Å². The molecule has 1 fully saturated rings. The minimum atomic E-state index is 0.680. The highest BCUT2D eigenvalue weighted by atomic mass is 32.2. The van der Waals surface area contributed by atoms with Crippen LogP contribution in [0, 0.1) is 17.4 Å². The summed E-state index contributed by atoms with van der Waals surface area (Å²) in [4.78, 5) is 4.23. The van der Waals surface area contributed by atoms with Gasteiger partial charge in [0.15, 0.2) is 11.4 Å². The topological polar surface area (TPSA) is 57.4 Å². The second-order valence-electron chi connectivity index (χ2n) is 3.50. The molecule has 0 aliphatic heterocycles. The third kappa shape index (κ3) is 6.37. The quantitative estimate of drug-likeness (QED) is 0.246. The van der Waals surface area contributed by atoms with Crippen LogP contribution in [0.25, 0.3) is 0 Å². The van der Waals surface area contributed by atoms with Crippen LogP contribution in [0.2, 0.25) is 0 Å². The van der Waals surface area contributed by atoms with E-state index >= 15 is 0 Å². The molecule has 0 amide bonds. The molecule has 5 heteroatoms. The van der Waals surface area contributed by atoms with E-state index in [1.165, 1.54) is 24.6 Å². The molecule has 1 rings (SSSR count). The molecule has 1 aliphatic carbocycles. The fraction of sp³-hybridized carbons (Fsp3) is 0.800.